The minimum absolute atomic E-state index is 0.0284. The molecular formula is C14H16N2O6S. The molecule has 1 aromatic carbocycles. The lowest BCUT2D eigenvalue weighted by Gasteiger charge is -2.17. The molecule has 0 aliphatic carbocycles. The summed E-state index contributed by atoms with van der Waals surface area (Å²) in [6.45, 7) is 0.173. The van der Waals surface area contributed by atoms with Gasteiger partial charge in [-0.15, -0.1) is 0 Å². The van der Waals surface area contributed by atoms with E-state index in [1.54, 1.807) is 18.5 Å². The predicted molar refractivity (Wildman–Crippen MR) is 80.8 cm³/mol. The molecular weight excluding hydrogens is 324 g/mol. The number of aromatic carboxylic acids is 1. The van der Waals surface area contributed by atoms with E-state index in [2.05, 4.69) is 5.10 Å². The van der Waals surface area contributed by atoms with Crippen LogP contribution in [0.4, 0.5) is 0 Å². The van der Waals surface area contributed by atoms with E-state index in [1.165, 1.54) is 28.9 Å². The van der Waals surface area contributed by atoms with Crippen molar-refractivity contribution in [2.45, 2.75) is 12.6 Å². The molecule has 1 aromatic heterocycles. The Morgan fingerprint density at radius 1 is 1.35 bits per heavy atom. The van der Waals surface area contributed by atoms with Gasteiger partial charge >= 0.3 is 5.97 Å². The molecule has 1 heterocycles. The van der Waals surface area contributed by atoms with Crippen LogP contribution in [0.2, 0.25) is 0 Å². The van der Waals surface area contributed by atoms with Crippen LogP contribution < -0.4 is 4.74 Å². The van der Waals surface area contributed by atoms with Crippen LogP contribution in [0.1, 0.15) is 10.4 Å². The monoisotopic (exact) mass is 340 g/mol. The smallest absolute Gasteiger partial charge is 0.335 e. The maximum absolute atomic E-state index is 11.3. The minimum atomic E-state index is -3.65. The Bertz CT molecular complexity index is 740. The van der Waals surface area contributed by atoms with Crippen molar-refractivity contribution in [3.8, 4) is 5.75 Å². The van der Waals surface area contributed by atoms with Crippen molar-refractivity contribution < 1.29 is 27.2 Å². The molecule has 0 radical (unpaired) electrons. The van der Waals surface area contributed by atoms with Crippen LogP contribution in [0.25, 0.3) is 0 Å². The molecule has 0 saturated heterocycles. The minimum Gasteiger partial charge on any atom is -0.491 e. The Morgan fingerprint density at radius 2 is 2.04 bits per heavy atom. The van der Waals surface area contributed by atoms with Gasteiger partial charge in [0.05, 0.1) is 18.4 Å². The number of carbonyl (C=O) groups is 1. The molecule has 0 saturated carbocycles. The summed E-state index contributed by atoms with van der Waals surface area (Å²) >= 11 is 0. The molecule has 2 rings (SSSR count). The van der Waals surface area contributed by atoms with Gasteiger partial charge in [-0.2, -0.15) is 13.5 Å². The summed E-state index contributed by atoms with van der Waals surface area (Å²) in [7, 11) is -3.65. The Kier molecular flexibility index (Phi) is 5.35. The van der Waals surface area contributed by atoms with E-state index < -0.39 is 22.2 Å². The lowest BCUT2D eigenvalue weighted by Crippen LogP contribution is -2.29. The number of hydrogen-bond donors (Lipinski definition) is 1. The largest absolute Gasteiger partial charge is 0.491 e. The molecule has 0 bridgehead atoms. The fraction of sp³-hybridized carbons (Fsp3) is 0.286. The maximum Gasteiger partial charge on any atom is 0.335 e. The molecule has 9 heteroatoms. The maximum atomic E-state index is 11.3. The third-order valence-electron chi connectivity index (χ3n) is 2.80. The van der Waals surface area contributed by atoms with Crippen LogP contribution in [0, 0.1) is 0 Å². The number of hydrogen-bond acceptors (Lipinski definition) is 6. The highest BCUT2D eigenvalue weighted by atomic mass is 32.2. The van der Waals surface area contributed by atoms with Crippen molar-refractivity contribution in [1.29, 1.82) is 0 Å². The molecule has 0 aliphatic heterocycles. The summed E-state index contributed by atoms with van der Waals surface area (Å²) in [6.07, 6.45) is 3.46. The molecule has 8 nitrogen and oxygen atoms in total. The second kappa shape index (κ2) is 7.25. The van der Waals surface area contributed by atoms with E-state index in [4.69, 9.17) is 14.0 Å². The Hall–Kier alpha value is -2.39. The van der Waals surface area contributed by atoms with Gasteiger partial charge in [0.1, 0.15) is 18.5 Å². The van der Waals surface area contributed by atoms with Crippen LogP contribution in [0.15, 0.2) is 42.7 Å². The van der Waals surface area contributed by atoms with Crippen molar-refractivity contribution in [3.63, 3.8) is 0 Å². The van der Waals surface area contributed by atoms with Gasteiger partial charge in [-0.1, -0.05) is 0 Å². The quantitative estimate of drug-likeness (QED) is 0.714. The predicted octanol–water partition coefficient (Wildman–Crippen LogP) is 1.01. The zero-order valence-corrected chi connectivity index (χ0v) is 13.1. The number of aromatic nitrogens is 2. The molecule has 2 aromatic rings. The van der Waals surface area contributed by atoms with Crippen LogP contribution in [0.3, 0.4) is 0 Å². The summed E-state index contributed by atoms with van der Waals surface area (Å²) in [5.41, 5.74) is 0.137. The molecule has 23 heavy (non-hydrogen) atoms. The van der Waals surface area contributed by atoms with E-state index in [-0.39, 0.29) is 18.7 Å². The topological polar surface area (TPSA) is 108 Å². The highest BCUT2D eigenvalue weighted by molar-refractivity contribution is 7.86. The van der Waals surface area contributed by atoms with E-state index in [0.717, 1.165) is 6.26 Å². The molecule has 0 aliphatic rings. The fourth-order valence-corrected chi connectivity index (χ4v) is 2.47. The second-order valence-corrected chi connectivity index (χ2v) is 6.39. The summed E-state index contributed by atoms with van der Waals surface area (Å²) in [5, 5.41) is 12.8. The van der Waals surface area contributed by atoms with E-state index in [1.807, 2.05) is 0 Å². The van der Waals surface area contributed by atoms with Crippen molar-refractivity contribution in [2.75, 3.05) is 12.9 Å². The lowest BCUT2D eigenvalue weighted by molar-refractivity contribution is 0.0696. The number of rotatable bonds is 8. The second-order valence-electron chi connectivity index (χ2n) is 4.79. The first kappa shape index (κ1) is 17.0. The first-order chi connectivity index (χ1) is 10.8. The van der Waals surface area contributed by atoms with Gasteiger partial charge in [0.25, 0.3) is 10.1 Å². The first-order valence-electron chi connectivity index (χ1n) is 6.65. The summed E-state index contributed by atoms with van der Waals surface area (Å²) < 4.78 is 34.7. The van der Waals surface area contributed by atoms with Crippen LogP contribution in [-0.2, 0) is 20.8 Å². The van der Waals surface area contributed by atoms with Gasteiger partial charge in [0.2, 0.25) is 0 Å². The summed E-state index contributed by atoms with van der Waals surface area (Å²) in [5.74, 6) is -0.619. The van der Waals surface area contributed by atoms with Gasteiger partial charge in [0, 0.05) is 12.4 Å². The Morgan fingerprint density at radius 3 is 2.57 bits per heavy atom. The highest BCUT2D eigenvalue weighted by Gasteiger charge is 2.18. The standard InChI is InChI=1S/C14H16N2O6S/c1-23(19,20)22-13(9-16-8-2-7-15-16)10-21-12-5-3-11(4-6-12)14(17)18/h2-8,13H,9-10H2,1H3,(H,17,18). The average molecular weight is 340 g/mol. The van der Waals surface area contributed by atoms with Crippen LogP contribution >= 0.6 is 0 Å². The third-order valence-corrected chi connectivity index (χ3v) is 3.42. The number of ether oxygens (including phenoxy) is 1. The number of carboxylic acid groups (broad SMARTS) is 1. The van der Waals surface area contributed by atoms with Gasteiger partial charge < -0.3 is 9.84 Å². The van der Waals surface area contributed by atoms with Gasteiger partial charge in [-0.3, -0.25) is 8.86 Å². The molecule has 0 amide bonds. The van der Waals surface area contributed by atoms with E-state index in [0.29, 0.717) is 5.75 Å². The third kappa shape index (κ3) is 5.72. The number of carboxylic acids is 1. The fourth-order valence-electron chi connectivity index (χ4n) is 1.86. The average Bonchev–Trinajstić information content (AvgIpc) is 2.96. The molecule has 1 unspecified atom stereocenters. The zero-order chi connectivity index (χ0) is 16.9. The molecule has 1 atom stereocenters. The number of nitrogens with zero attached hydrogens (tertiary/aromatic N) is 2. The van der Waals surface area contributed by atoms with Crippen LogP contribution in [-0.4, -0.2) is 48.2 Å². The molecule has 0 fully saturated rings. The van der Waals surface area contributed by atoms with Crippen molar-refractivity contribution >= 4 is 16.1 Å². The normalized spacial score (nSPS) is 12.7. The lowest BCUT2D eigenvalue weighted by atomic mass is 10.2. The first-order valence-corrected chi connectivity index (χ1v) is 8.47. The zero-order valence-electron chi connectivity index (χ0n) is 12.3. The van der Waals surface area contributed by atoms with Gasteiger partial charge in [-0.05, 0) is 30.3 Å². The van der Waals surface area contributed by atoms with Crippen LogP contribution in [0.5, 0.6) is 5.75 Å². The molecule has 1 N–H and O–H groups in total. The highest BCUT2D eigenvalue weighted by Crippen LogP contribution is 2.13. The van der Waals surface area contributed by atoms with E-state index >= 15 is 0 Å². The van der Waals surface area contributed by atoms with Crippen molar-refractivity contribution in [1.82, 2.24) is 9.78 Å². The SMILES string of the molecule is CS(=O)(=O)OC(COc1ccc(C(=O)O)cc1)Cn1cccn1. The van der Waals surface area contributed by atoms with Crippen molar-refractivity contribution in [2.24, 2.45) is 0 Å². The number of benzene rings is 1. The molecule has 0 spiro atoms. The van der Waals surface area contributed by atoms with E-state index in [9.17, 15) is 13.2 Å². The van der Waals surface area contributed by atoms with Gasteiger partial charge in [0.15, 0.2) is 0 Å². The Labute approximate surface area is 133 Å². The van der Waals surface area contributed by atoms with Gasteiger partial charge in [-0.25, -0.2) is 4.79 Å². The Balaban J connectivity index is 2.00. The van der Waals surface area contributed by atoms with Crippen molar-refractivity contribution in [3.05, 3.63) is 48.3 Å². The summed E-state index contributed by atoms with van der Waals surface area (Å²) in [4.78, 5) is 10.8. The summed E-state index contributed by atoms with van der Waals surface area (Å²) in [6, 6.07) is 7.50. The molecule has 124 valence electrons.